The van der Waals surface area contributed by atoms with Gasteiger partial charge in [0.1, 0.15) is 17.6 Å². The number of ether oxygens (including phenoxy) is 2. The average molecular weight is 560 g/mol. The summed E-state index contributed by atoms with van der Waals surface area (Å²) in [5, 5.41) is 12.7. The Hall–Kier alpha value is -3.15. The predicted molar refractivity (Wildman–Crippen MR) is 146 cm³/mol. The summed E-state index contributed by atoms with van der Waals surface area (Å²) in [7, 11) is -0.820. The lowest BCUT2D eigenvalue weighted by Crippen LogP contribution is -2.48. The highest BCUT2D eigenvalue weighted by molar-refractivity contribution is 7.89. The second-order valence-electron chi connectivity index (χ2n) is 10.4. The maximum absolute atomic E-state index is 13.4. The van der Waals surface area contributed by atoms with Crippen molar-refractivity contribution in [3.8, 4) is 11.5 Å². The van der Waals surface area contributed by atoms with Crippen molar-refractivity contribution in [2.75, 3.05) is 39.2 Å². The molecule has 2 N–H and O–H groups in total. The molecule has 3 atom stereocenters. The lowest BCUT2D eigenvalue weighted by atomic mass is 10.0. The van der Waals surface area contributed by atoms with Crippen LogP contribution in [0.5, 0.6) is 11.5 Å². The van der Waals surface area contributed by atoms with Crippen molar-refractivity contribution in [2.45, 2.75) is 50.2 Å². The van der Waals surface area contributed by atoms with Crippen LogP contribution in [-0.4, -0.2) is 80.5 Å². The van der Waals surface area contributed by atoms with Gasteiger partial charge in [-0.05, 0) is 62.2 Å². The molecule has 0 bridgehead atoms. The summed E-state index contributed by atoms with van der Waals surface area (Å²) in [6, 6.07) is 10.9. The van der Waals surface area contributed by atoms with Crippen LogP contribution in [0.15, 0.2) is 47.4 Å². The Balaban J connectivity index is 1.63. The number of carbonyl (C=O) groups excluding carboxylic acids is 2. The van der Waals surface area contributed by atoms with Gasteiger partial charge in [0.15, 0.2) is 0 Å². The number of amides is 2. The van der Waals surface area contributed by atoms with E-state index in [-0.39, 0.29) is 54.7 Å². The highest BCUT2D eigenvalue weighted by Gasteiger charge is 2.34. The van der Waals surface area contributed by atoms with E-state index in [2.05, 4.69) is 5.32 Å². The number of hydrogen-bond donors (Lipinski definition) is 2. The minimum atomic E-state index is -3.83. The number of hydrogen-bond acceptors (Lipinski definition) is 7. The van der Waals surface area contributed by atoms with Crippen LogP contribution >= 0.6 is 0 Å². The van der Waals surface area contributed by atoms with Gasteiger partial charge in [-0.3, -0.25) is 9.59 Å². The Morgan fingerprint density at radius 3 is 2.54 bits per heavy atom. The number of benzene rings is 2. The second-order valence-corrected chi connectivity index (χ2v) is 12.5. The molecule has 1 aliphatic heterocycles. The largest absolute Gasteiger partial charge is 0.497 e. The number of likely N-dealkylation sites (N-methyl/N-ethyl adjacent to an activating group) is 1. The number of sulfonamides is 1. The number of aliphatic hydroxyl groups is 1. The molecule has 0 unspecified atom stereocenters. The van der Waals surface area contributed by atoms with Gasteiger partial charge < -0.3 is 24.8 Å². The number of anilines is 1. The standard InChI is InChI=1S/C28H37N3O7S/c1-18-15-31(19(2)17-32)27(33)14-21-13-22(29-28(34)20-5-6-20)7-12-25(21)38-26(18)16-30(3)39(35,36)24-10-8-23(37-4)9-11-24/h7-13,18-20,26,32H,5-6,14-17H2,1-4H3,(H,29,34)/t18-,19+,26-/m0/s1. The molecule has 2 aromatic rings. The minimum Gasteiger partial charge on any atom is -0.497 e. The Bertz CT molecular complexity index is 1290. The molecule has 1 heterocycles. The lowest BCUT2D eigenvalue weighted by Gasteiger charge is -2.33. The zero-order valence-corrected chi connectivity index (χ0v) is 23.6. The van der Waals surface area contributed by atoms with Crippen molar-refractivity contribution in [3.63, 3.8) is 0 Å². The van der Waals surface area contributed by atoms with Gasteiger partial charge in [-0.1, -0.05) is 6.92 Å². The van der Waals surface area contributed by atoms with E-state index in [1.165, 1.54) is 30.6 Å². The molecule has 0 spiro atoms. The first kappa shape index (κ1) is 28.8. The van der Waals surface area contributed by atoms with E-state index in [0.717, 1.165) is 12.8 Å². The fraction of sp³-hybridized carbons (Fsp3) is 0.500. The van der Waals surface area contributed by atoms with Gasteiger partial charge in [0.25, 0.3) is 0 Å². The van der Waals surface area contributed by atoms with Gasteiger partial charge in [0.2, 0.25) is 21.8 Å². The number of methoxy groups -OCH3 is 1. The van der Waals surface area contributed by atoms with Crippen LogP contribution in [0, 0.1) is 11.8 Å². The van der Waals surface area contributed by atoms with Crippen molar-refractivity contribution in [3.05, 3.63) is 48.0 Å². The number of carbonyl (C=O) groups is 2. The zero-order valence-electron chi connectivity index (χ0n) is 22.8. The smallest absolute Gasteiger partial charge is 0.242 e. The van der Waals surface area contributed by atoms with Crippen LogP contribution in [0.1, 0.15) is 32.3 Å². The molecule has 1 saturated carbocycles. The van der Waals surface area contributed by atoms with Gasteiger partial charge in [0.05, 0.1) is 37.6 Å². The second kappa shape index (κ2) is 11.9. The molecular formula is C28H37N3O7S. The first-order valence-electron chi connectivity index (χ1n) is 13.1. The van der Waals surface area contributed by atoms with Crippen LogP contribution < -0.4 is 14.8 Å². The Morgan fingerprint density at radius 1 is 1.23 bits per heavy atom. The molecule has 2 aromatic carbocycles. The van der Waals surface area contributed by atoms with Crippen molar-refractivity contribution in [2.24, 2.45) is 11.8 Å². The van der Waals surface area contributed by atoms with Crippen molar-refractivity contribution in [1.82, 2.24) is 9.21 Å². The molecule has 0 aromatic heterocycles. The third kappa shape index (κ3) is 6.71. The highest BCUT2D eigenvalue weighted by atomic mass is 32.2. The van der Waals surface area contributed by atoms with Crippen molar-refractivity contribution < 1.29 is 32.6 Å². The van der Waals surface area contributed by atoms with Crippen molar-refractivity contribution in [1.29, 1.82) is 0 Å². The fourth-order valence-corrected chi connectivity index (χ4v) is 5.78. The molecule has 4 rings (SSSR count). The molecule has 2 aliphatic rings. The summed E-state index contributed by atoms with van der Waals surface area (Å²) >= 11 is 0. The number of nitrogens with zero attached hydrogens (tertiary/aromatic N) is 2. The zero-order chi connectivity index (χ0) is 28.3. The van der Waals surface area contributed by atoms with Crippen LogP contribution in [0.25, 0.3) is 0 Å². The Kier molecular flexibility index (Phi) is 8.83. The summed E-state index contributed by atoms with van der Waals surface area (Å²) in [6.45, 7) is 3.77. The van der Waals surface area contributed by atoms with Crippen LogP contribution in [0.4, 0.5) is 5.69 Å². The van der Waals surface area contributed by atoms with Crippen LogP contribution in [-0.2, 0) is 26.0 Å². The van der Waals surface area contributed by atoms with E-state index in [9.17, 15) is 23.1 Å². The van der Waals surface area contributed by atoms with Gasteiger partial charge >= 0.3 is 0 Å². The molecule has 1 fully saturated rings. The molecule has 2 amide bonds. The number of aliphatic hydroxyl groups excluding tert-OH is 1. The molecule has 11 heteroatoms. The van der Waals surface area contributed by atoms with E-state index in [1.54, 1.807) is 42.2 Å². The molecule has 212 valence electrons. The van der Waals surface area contributed by atoms with Gasteiger partial charge in [-0.2, -0.15) is 4.31 Å². The SMILES string of the molecule is COc1ccc(S(=O)(=O)N(C)C[C@@H]2Oc3ccc(NC(=O)C4CC4)cc3CC(=O)N([C@H](C)CO)C[C@@H]2C)cc1. The third-order valence-electron chi connectivity index (χ3n) is 7.34. The first-order valence-corrected chi connectivity index (χ1v) is 14.6. The topological polar surface area (TPSA) is 125 Å². The van der Waals surface area contributed by atoms with Gasteiger partial charge in [-0.15, -0.1) is 0 Å². The van der Waals surface area contributed by atoms with E-state index < -0.39 is 22.2 Å². The lowest BCUT2D eigenvalue weighted by molar-refractivity contribution is -0.134. The van der Waals surface area contributed by atoms with E-state index >= 15 is 0 Å². The summed E-state index contributed by atoms with van der Waals surface area (Å²) in [6.07, 6.45) is 1.16. The quantitative estimate of drug-likeness (QED) is 0.484. The fourth-order valence-electron chi connectivity index (χ4n) is 4.59. The van der Waals surface area contributed by atoms with Crippen LogP contribution in [0.3, 0.4) is 0 Å². The normalized spacial score (nSPS) is 20.8. The Morgan fingerprint density at radius 2 is 1.92 bits per heavy atom. The number of fused-ring (bicyclic) bond motifs is 1. The summed E-state index contributed by atoms with van der Waals surface area (Å²) < 4.78 is 39.5. The molecule has 39 heavy (non-hydrogen) atoms. The summed E-state index contributed by atoms with van der Waals surface area (Å²) in [5.74, 6) is 0.547. The van der Waals surface area contributed by atoms with E-state index in [0.29, 0.717) is 22.7 Å². The minimum absolute atomic E-state index is 0.0201. The maximum Gasteiger partial charge on any atom is 0.242 e. The number of rotatable bonds is 9. The Labute approximate surface area is 229 Å². The predicted octanol–water partition coefficient (Wildman–Crippen LogP) is 2.51. The molecular weight excluding hydrogens is 522 g/mol. The van der Waals surface area contributed by atoms with Gasteiger partial charge in [0, 0.05) is 36.7 Å². The summed E-state index contributed by atoms with van der Waals surface area (Å²) in [4.78, 5) is 27.4. The van der Waals surface area contributed by atoms with Gasteiger partial charge in [-0.25, -0.2) is 8.42 Å². The summed E-state index contributed by atoms with van der Waals surface area (Å²) in [5.41, 5.74) is 1.16. The number of nitrogens with one attached hydrogen (secondary N) is 1. The third-order valence-corrected chi connectivity index (χ3v) is 9.17. The van der Waals surface area contributed by atoms with E-state index in [1.807, 2.05) is 6.92 Å². The van der Waals surface area contributed by atoms with Crippen molar-refractivity contribution >= 4 is 27.5 Å². The monoisotopic (exact) mass is 559 g/mol. The molecule has 1 aliphatic carbocycles. The highest BCUT2D eigenvalue weighted by Crippen LogP contribution is 2.33. The first-order chi connectivity index (χ1) is 18.5. The molecule has 10 nitrogen and oxygen atoms in total. The molecule has 0 radical (unpaired) electrons. The molecule has 0 saturated heterocycles. The maximum atomic E-state index is 13.4. The average Bonchev–Trinajstić information content (AvgIpc) is 3.77. The van der Waals surface area contributed by atoms with Crippen LogP contribution in [0.2, 0.25) is 0 Å². The van der Waals surface area contributed by atoms with E-state index in [4.69, 9.17) is 9.47 Å².